The molecule has 0 amide bonds. The lowest BCUT2D eigenvalue weighted by Crippen LogP contribution is -2.36. The Kier molecular flexibility index (Phi) is 35.9. The van der Waals surface area contributed by atoms with Gasteiger partial charge >= 0.3 is 11.9 Å². The molecule has 1 aromatic carbocycles. The first-order chi connectivity index (χ1) is 36.5. The van der Waals surface area contributed by atoms with E-state index >= 15 is 0 Å². The van der Waals surface area contributed by atoms with Crippen molar-refractivity contribution in [2.75, 3.05) is 13.2 Å². The van der Waals surface area contributed by atoms with E-state index in [1.54, 1.807) is 6.07 Å². The second-order valence-corrected chi connectivity index (χ2v) is 21.8. The molecule has 1 aromatic rings. The monoisotopic (exact) mass is 1100 g/mol. The summed E-state index contributed by atoms with van der Waals surface area (Å²) >= 11 is 0. The molecule has 2 saturated heterocycles. The van der Waals surface area contributed by atoms with Crippen LogP contribution < -0.4 is 0 Å². The molecule has 5 N–H and O–H groups in total. The number of esters is 1. The Balaban J connectivity index is 0.000000503. The van der Waals surface area contributed by atoms with Crippen molar-refractivity contribution in [2.45, 2.75) is 288 Å². The summed E-state index contributed by atoms with van der Waals surface area (Å²) in [6.07, 6.45) is 11.7. The van der Waals surface area contributed by atoms with Crippen LogP contribution in [0.4, 0.5) is 17.6 Å². The van der Waals surface area contributed by atoms with Crippen LogP contribution in [0.3, 0.4) is 0 Å². The van der Waals surface area contributed by atoms with Crippen molar-refractivity contribution in [3.05, 3.63) is 35.9 Å². The minimum Gasteiger partial charge on any atom is -0.481 e. The summed E-state index contributed by atoms with van der Waals surface area (Å²) in [5, 5.41) is 58.3. The van der Waals surface area contributed by atoms with Crippen molar-refractivity contribution in [1.29, 1.82) is 5.26 Å². The van der Waals surface area contributed by atoms with Crippen molar-refractivity contribution in [3.63, 3.8) is 0 Å². The van der Waals surface area contributed by atoms with Gasteiger partial charge in [-0.05, 0) is 132 Å². The number of aliphatic hydroxyl groups is 4. The number of unbranched alkanes of at least 4 members (excludes halogenated alkanes) is 8. The van der Waals surface area contributed by atoms with Gasteiger partial charge in [0.05, 0.1) is 30.5 Å². The number of hydrogen-bond donors (Lipinski definition) is 5. The van der Waals surface area contributed by atoms with Gasteiger partial charge in [-0.3, -0.25) is 9.59 Å². The molecule has 0 aromatic heterocycles. The molecule has 2 aliphatic carbocycles. The molecule has 6 unspecified atom stereocenters. The number of carbonyl (C=O) groups is 2. The minimum atomic E-state index is -3.10. The summed E-state index contributed by atoms with van der Waals surface area (Å²) in [5.74, 6) is -7.56. The summed E-state index contributed by atoms with van der Waals surface area (Å²) in [6.45, 7) is 6.72. The van der Waals surface area contributed by atoms with Crippen molar-refractivity contribution < 1.29 is 76.4 Å². The van der Waals surface area contributed by atoms with Crippen molar-refractivity contribution in [3.8, 4) is 6.07 Å². The molecule has 12 atom stereocenters. The van der Waals surface area contributed by atoms with Crippen LogP contribution in [-0.4, -0.2) is 112 Å². The number of aliphatic carboxylic acids is 1. The van der Waals surface area contributed by atoms with Crippen LogP contribution in [-0.2, 0) is 39.9 Å². The topological polar surface area (TPSA) is 205 Å². The van der Waals surface area contributed by atoms with Gasteiger partial charge in [0, 0.05) is 58.7 Å². The van der Waals surface area contributed by atoms with Crippen LogP contribution >= 0.6 is 0 Å². The van der Waals surface area contributed by atoms with Crippen molar-refractivity contribution >= 4 is 11.9 Å². The highest BCUT2D eigenvalue weighted by Gasteiger charge is 2.47. The Hall–Kier alpha value is -2.95. The smallest absolute Gasteiger partial charge is 0.306 e. The first-order valence-electron chi connectivity index (χ1n) is 29.2. The lowest BCUT2D eigenvalue weighted by molar-refractivity contribution is -0.197. The van der Waals surface area contributed by atoms with Gasteiger partial charge < -0.3 is 49.2 Å². The van der Waals surface area contributed by atoms with Gasteiger partial charge in [0.25, 0.3) is 11.8 Å². The number of carboxylic acid groups (broad SMARTS) is 1. The molecule has 446 valence electrons. The average molecular weight is 1100 g/mol. The van der Waals surface area contributed by atoms with E-state index in [1.165, 1.54) is 6.92 Å². The Morgan fingerprint density at radius 2 is 1.09 bits per heavy atom. The Morgan fingerprint density at radius 3 is 1.49 bits per heavy atom. The third-order valence-electron chi connectivity index (χ3n) is 15.8. The fraction of sp³-hybridized carbons (Fsp3) is 0.850. The molecule has 13 nitrogen and oxygen atoms in total. The van der Waals surface area contributed by atoms with E-state index in [9.17, 15) is 47.6 Å². The van der Waals surface area contributed by atoms with Gasteiger partial charge in [-0.25, -0.2) is 17.6 Å². The van der Waals surface area contributed by atoms with Crippen LogP contribution in [0.1, 0.15) is 226 Å². The first-order valence-corrected chi connectivity index (χ1v) is 29.2. The summed E-state index contributed by atoms with van der Waals surface area (Å²) < 4.78 is 86.8. The van der Waals surface area contributed by atoms with E-state index in [1.807, 2.05) is 44.2 Å². The maximum atomic E-state index is 14.5. The molecule has 17 heteroatoms. The zero-order valence-electron chi connectivity index (χ0n) is 46.2. The number of carbonyl (C=O) groups excluding carboxylic acids is 1. The molecular weight excluding hydrogens is 1000 g/mol. The van der Waals surface area contributed by atoms with E-state index in [0.717, 1.165) is 102 Å². The Bertz CT molecular complexity index is 1710. The third kappa shape index (κ3) is 27.4. The fourth-order valence-corrected chi connectivity index (χ4v) is 11.4. The van der Waals surface area contributed by atoms with Gasteiger partial charge in [-0.2, -0.15) is 5.26 Å². The Labute approximate surface area is 459 Å². The van der Waals surface area contributed by atoms with Crippen LogP contribution in [0.5, 0.6) is 0 Å². The molecule has 77 heavy (non-hydrogen) atoms. The molecule has 2 saturated carbocycles. The number of ether oxygens (including phenoxy) is 5. The highest BCUT2D eigenvalue weighted by Crippen LogP contribution is 2.45. The third-order valence-corrected chi connectivity index (χ3v) is 15.8. The summed E-state index contributed by atoms with van der Waals surface area (Å²) in [6, 6.07) is 11.4. The number of nitrogens with zero attached hydrogens (tertiary/aromatic N) is 1. The minimum absolute atomic E-state index is 0. The fourth-order valence-electron chi connectivity index (χ4n) is 11.4. The lowest BCUT2D eigenvalue weighted by Gasteiger charge is -2.31. The standard InChI is InChI=1S/C32H50F2O6.C25H44F2O6.C2H3N.CH4/c1-2-3-20-32(33,34)29(36)19-18-26-25(27(35)22-28(26)40-31-17-11-12-21-38-31)15-9-4-5-10-16-30(37)39-23-24-13-7-6-8-14-24;1-2-3-15-25(26,27)22(29)14-13-19-18(10-6-4-5-7-11-23(30)31)20(28)17-21(19)33-24-12-8-9-16-32-24;1-2-3;/h6-8,13-14,25-29,31,35-36H,2-5,9-12,15-23H2,1H3;18-22,24,28-29H,2-17H2,1H3,(H,30,31);1H3;1H4/t25?,26-,27+,28-,29?,31?;18?,19-,20+,21-,22?,24?;;/m11../s1. The molecule has 4 aliphatic rings. The predicted octanol–water partition coefficient (Wildman–Crippen LogP) is 13.4. The van der Waals surface area contributed by atoms with Gasteiger partial charge in [-0.1, -0.05) is 103 Å². The summed E-state index contributed by atoms with van der Waals surface area (Å²) in [5.41, 5.74) is 0.968. The quantitative estimate of drug-likeness (QED) is 0.0248. The van der Waals surface area contributed by atoms with Crippen molar-refractivity contribution in [2.24, 2.45) is 23.7 Å². The molecule has 4 fully saturated rings. The number of rotatable bonds is 34. The highest BCUT2D eigenvalue weighted by atomic mass is 19.3. The van der Waals surface area contributed by atoms with Crippen molar-refractivity contribution in [1.82, 2.24) is 0 Å². The number of hydrogen-bond acceptors (Lipinski definition) is 12. The molecule has 0 radical (unpaired) electrons. The number of halogens is 4. The Morgan fingerprint density at radius 1 is 0.662 bits per heavy atom. The van der Waals surface area contributed by atoms with E-state index < -0.39 is 42.2 Å². The number of nitriles is 1. The zero-order valence-corrected chi connectivity index (χ0v) is 46.2. The molecule has 0 spiro atoms. The second-order valence-electron chi connectivity index (χ2n) is 21.8. The van der Waals surface area contributed by atoms with E-state index in [4.69, 9.17) is 34.1 Å². The largest absolute Gasteiger partial charge is 0.481 e. The van der Waals surface area contributed by atoms with Crippen LogP contribution in [0.2, 0.25) is 0 Å². The average Bonchev–Trinajstić information content (AvgIpc) is 3.86. The van der Waals surface area contributed by atoms with Crippen LogP contribution in [0.25, 0.3) is 0 Å². The van der Waals surface area contributed by atoms with Gasteiger partial charge in [-0.15, -0.1) is 0 Å². The first kappa shape index (κ1) is 70.2. The van der Waals surface area contributed by atoms with E-state index in [0.29, 0.717) is 77.4 Å². The van der Waals surface area contributed by atoms with Gasteiger partial charge in [0.2, 0.25) is 0 Å². The normalized spacial score (nSPS) is 26.2. The maximum Gasteiger partial charge on any atom is 0.306 e. The highest BCUT2D eigenvalue weighted by molar-refractivity contribution is 5.69. The number of benzene rings is 1. The molecule has 5 rings (SSSR count). The predicted molar refractivity (Wildman–Crippen MR) is 289 cm³/mol. The second kappa shape index (κ2) is 39.4. The van der Waals surface area contributed by atoms with E-state index in [2.05, 4.69) is 0 Å². The number of aliphatic hydroxyl groups excluding tert-OH is 4. The zero-order chi connectivity index (χ0) is 55.8. The van der Waals surface area contributed by atoms with Crippen LogP contribution in [0, 0.1) is 35.0 Å². The maximum absolute atomic E-state index is 14.5. The molecule has 2 aliphatic heterocycles. The summed E-state index contributed by atoms with van der Waals surface area (Å²) in [7, 11) is 0. The van der Waals surface area contributed by atoms with Gasteiger partial charge in [0.15, 0.2) is 12.6 Å². The lowest BCUT2D eigenvalue weighted by atomic mass is 9.84. The van der Waals surface area contributed by atoms with Crippen LogP contribution in [0.15, 0.2) is 30.3 Å². The number of alkyl halides is 4. The SMILES string of the molecule is C.CC#N.CCCCC(F)(F)C(O)CC[C@@H]1C(CCCCCCC(=O)O)[C@@H](O)C[C@H]1OC1CCCCO1.CCCCC(F)(F)C(O)CC[C@@H]1C(CCCCCCC(=O)OCc2ccccc2)[C@@H](O)C[C@H]1OC1CCCCO1. The summed E-state index contributed by atoms with van der Waals surface area (Å²) in [4.78, 5) is 22.7. The molecule has 2 heterocycles. The number of carboxylic acids is 1. The molecular formula is C60H101F4NO12. The van der Waals surface area contributed by atoms with E-state index in [-0.39, 0.29) is 101 Å². The van der Waals surface area contributed by atoms with Gasteiger partial charge in [0.1, 0.15) is 18.8 Å². The molecule has 0 bridgehead atoms.